The zero-order chi connectivity index (χ0) is 10.8. The summed E-state index contributed by atoms with van der Waals surface area (Å²) in [7, 11) is 0. The smallest absolute Gasteiger partial charge is 0.0625 e. The third-order valence-electron chi connectivity index (χ3n) is 5.81. The van der Waals surface area contributed by atoms with Gasteiger partial charge in [-0.2, -0.15) is 0 Å². The number of aliphatic hydroxyl groups is 1. The Morgan fingerprint density at radius 1 is 1.13 bits per heavy atom. The molecular weight excluding hydrogens is 184 g/mol. The van der Waals surface area contributed by atoms with Crippen LogP contribution >= 0.6 is 0 Å². The summed E-state index contributed by atoms with van der Waals surface area (Å²) in [5.74, 6) is 2.35. The van der Waals surface area contributed by atoms with Crippen LogP contribution in [-0.2, 0) is 0 Å². The molecule has 0 aliphatic heterocycles. The lowest BCUT2D eigenvalue weighted by atomic mass is 9.40. The summed E-state index contributed by atoms with van der Waals surface area (Å²) in [5, 5.41) is 10.5. The minimum atomic E-state index is -0.00734. The quantitative estimate of drug-likeness (QED) is 0.648. The number of hydrogen-bond donors (Lipinski definition) is 1. The molecule has 0 heterocycles. The molecule has 3 atom stereocenters. The van der Waals surface area contributed by atoms with E-state index in [2.05, 4.69) is 20.8 Å². The Bertz CT molecular complexity index is 275. The second-order valence-electron chi connectivity index (χ2n) is 7.34. The molecule has 0 aromatic rings. The summed E-state index contributed by atoms with van der Waals surface area (Å²) >= 11 is 0. The third kappa shape index (κ3) is 1.19. The molecule has 4 aliphatic rings. The van der Waals surface area contributed by atoms with Crippen molar-refractivity contribution in [3.63, 3.8) is 0 Å². The molecule has 4 saturated carbocycles. The maximum absolute atomic E-state index is 10.5. The standard InChI is InChI=1S/C14H24O/c1-13(2)6-4-5-10-11(13)9-7-14(3,8-9)12(10)15/h9-12,15H,4-8H2,1-3H3. The molecule has 0 amide bonds. The monoisotopic (exact) mass is 208 g/mol. The van der Waals surface area contributed by atoms with Crippen LogP contribution < -0.4 is 0 Å². The average molecular weight is 208 g/mol. The maximum Gasteiger partial charge on any atom is 0.0625 e. The lowest BCUT2D eigenvalue weighted by molar-refractivity contribution is -0.212. The summed E-state index contributed by atoms with van der Waals surface area (Å²) in [4.78, 5) is 0. The Balaban J connectivity index is 1.92. The van der Waals surface area contributed by atoms with E-state index in [9.17, 15) is 5.11 Å². The number of rotatable bonds is 0. The molecule has 4 aliphatic carbocycles. The molecular formula is C14H24O. The van der Waals surface area contributed by atoms with Crippen molar-refractivity contribution in [1.29, 1.82) is 0 Å². The third-order valence-corrected chi connectivity index (χ3v) is 5.81. The van der Waals surface area contributed by atoms with Crippen LogP contribution in [0.3, 0.4) is 0 Å². The second kappa shape index (κ2) is 2.80. The SMILES string of the molecule is CC1(C)CCCC2C1C1CC(C)(C1)C2O. The Morgan fingerprint density at radius 2 is 1.80 bits per heavy atom. The molecule has 0 spiro atoms. The van der Waals surface area contributed by atoms with Gasteiger partial charge in [-0.3, -0.25) is 0 Å². The van der Waals surface area contributed by atoms with Crippen LogP contribution in [0, 0.1) is 28.6 Å². The number of hydrogen-bond acceptors (Lipinski definition) is 1. The van der Waals surface area contributed by atoms with E-state index in [1.165, 1.54) is 32.1 Å². The van der Waals surface area contributed by atoms with E-state index in [-0.39, 0.29) is 6.10 Å². The van der Waals surface area contributed by atoms with E-state index >= 15 is 0 Å². The zero-order valence-corrected chi connectivity index (χ0v) is 10.3. The molecule has 2 bridgehead atoms. The van der Waals surface area contributed by atoms with E-state index in [1.807, 2.05) is 0 Å². The van der Waals surface area contributed by atoms with Crippen molar-refractivity contribution < 1.29 is 5.11 Å². The fourth-order valence-corrected chi connectivity index (χ4v) is 5.21. The fourth-order valence-electron chi connectivity index (χ4n) is 5.21. The predicted molar refractivity (Wildman–Crippen MR) is 61.4 cm³/mol. The van der Waals surface area contributed by atoms with Gasteiger partial charge < -0.3 is 5.11 Å². The van der Waals surface area contributed by atoms with Crippen LogP contribution in [0.25, 0.3) is 0 Å². The second-order valence-corrected chi connectivity index (χ2v) is 7.34. The maximum atomic E-state index is 10.5. The van der Waals surface area contributed by atoms with Crippen molar-refractivity contribution in [3.05, 3.63) is 0 Å². The van der Waals surface area contributed by atoms with Crippen molar-refractivity contribution in [2.75, 3.05) is 0 Å². The Labute approximate surface area is 93.3 Å². The van der Waals surface area contributed by atoms with Crippen LogP contribution in [0.1, 0.15) is 52.9 Å². The van der Waals surface area contributed by atoms with E-state index in [0.717, 1.165) is 11.8 Å². The van der Waals surface area contributed by atoms with Crippen LogP contribution in [0.2, 0.25) is 0 Å². The van der Waals surface area contributed by atoms with E-state index < -0.39 is 0 Å². The molecule has 0 aromatic heterocycles. The average Bonchev–Trinajstić information content (AvgIpc) is 2.08. The summed E-state index contributed by atoms with van der Waals surface area (Å²) < 4.78 is 0. The first-order valence-electron chi connectivity index (χ1n) is 6.62. The van der Waals surface area contributed by atoms with Crippen molar-refractivity contribution in [3.8, 4) is 0 Å². The molecule has 3 unspecified atom stereocenters. The van der Waals surface area contributed by atoms with Gasteiger partial charge >= 0.3 is 0 Å². The summed E-state index contributed by atoms with van der Waals surface area (Å²) in [6.07, 6.45) is 6.55. The lowest BCUT2D eigenvalue weighted by Crippen LogP contribution is -2.62. The van der Waals surface area contributed by atoms with Gasteiger partial charge in [0.05, 0.1) is 6.10 Å². The zero-order valence-electron chi connectivity index (χ0n) is 10.3. The van der Waals surface area contributed by atoms with E-state index in [1.54, 1.807) is 0 Å². The fraction of sp³-hybridized carbons (Fsp3) is 1.00. The topological polar surface area (TPSA) is 20.2 Å². The Morgan fingerprint density at radius 3 is 2.47 bits per heavy atom. The highest BCUT2D eigenvalue weighted by Crippen LogP contribution is 2.66. The highest BCUT2D eigenvalue weighted by molar-refractivity contribution is 5.11. The molecule has 15 heavy (non-hydrogen) atoms. The highest BCUT2D eigenvalue weighted by Gasteiger charge is 2.61. The van der Waals surface area contributed by atoms with Crippen LogP contribution in [-0.4, -0.2) is 11.2 Å². The minimum Gasteiger partial charge on any atom is -0.392 e. The molecule has 1 N–H and O–H groups in total. The molecule has 0 radical (unpaired) electrons. The first-order chi connectivity index (χ1) is 6.94. The minimum absolute atomic E-state index is 0.00734. The van der Waals surface area contributed by atoms with Gasteiger partial charge in [-0.1, -0.05) is 27.2 Å². The summed E-state index contributed by atoms with van der Waals surface area (Å²) in [5.41, 5.74) is 0.773. The van der Waals surface area contributed by atoms with Crippen LogP contribution in [0.4, 0.5) is 0 Å². The van der Waals surface area contributed by atoms with Crippen LogP contribution in [0.5, 0.6) is 0 Å². The molecule has 1 heteroatoms. The van der Waals surface area contributed by atoms with Gasteiger partial charge in [-0.05, 0) is 54.3 Å². The van der Waals surface area contributed by atoms with Crippen molar-refractivity contribution in [2.45, 2.75) is 59.0 Å². The number of aliphatic hydroxyl groups excluding tert-OH is 1. The molecule has 0 saturated heterocycles. The summed E-state index contributed by atoms with van der Waals surface area (Å²) in [6.45, 7) is 7.15. The normalized spacial score (nSPS) is 56.8. The van der Waals surface area contributed by atoms with Crippen molar-refractivity contribution >= 4 is 0 Å². The predicted octanol–water partition coefficient (Wildman–Crippen LogP) is 3.22. The largest absolute Gasteiger partial charge is 0.392 e. The van der Waals surface area contributed by atoms with Gasteiger partial charge in [0.15, 0.2) is 0 Å². The summed E-state index contributed by atoms with van der Waals surface area (Å²) in [6, 6.07) is 0. The molecule has 1 nitrogen and oxygen atoms in total. The van der Waals surface area contributed by atoms with Gasteiger partial charge in [0, 0.05) is 0 Å². The Hall–Kier alpha value is -0.0400. The van der Waals surface area contributed by atoms with Gasteiger partial charge in [-0.15, -0.1) is 0 Å². The van der Waals surface area contributed by atoms with Gasteiger partial charge in [-0.25, -0.2) is 0 Å². The molecule has 4 rings (SSSR count). The Kier molecular flexibility index (Phi) is 1.89. The van der Waals surface area contributed by atoms with Gasteiger partial charge in [0.1, 0.15) is 0 Å². The van der Waals surface area contributed by atoms with Crippen LogP contribution in [0.15, 0.2) is 0 Å². The molecule has 86 valence electrons. The van der Waals surface area contributed by atoms with Gasteiger partial charge in [0.25, 0.3) is 0 Å². The van der Waals surface area contributed by atoms with Crippen molar-refractivity contribution in [1.82, 2.24) is 0 Å². The van der Waals surface area contributed by atoms with Gasteiger partial charge in [0.2, 0.25) is 0 Å². The van der Waals surface area contributed by atoms with E-state index in [4.69, 9.17) is 0 Å². The highest BCUT2D eigenvalue weighted by atomic mass is 16.3. The van der Waals surface area contributed by atoms with Crippen molar-refractivity contribution in [2.24, 2.45) is 28.6 Å². The first kappa shape index (κ1) is 10.1. The molecule has 4 fully saturated rings. The first-order valence-corrected chi connectivity index (χ1v) is 6.62. The molecule has 0 aromatic carbocycles. The van der Waals surface area contributed by atoms with E-state index in [0.29, 0.717) is 16.7 Å². The lowest BCUT2D eigenvalue weighted by Gasteiger charge is -2.65.